The van der Waals surface area contributed by atoms with Gasteiger partial charge in [-0.1, -0.05) is 18.1 Å². The Morgan fingerprint density at radius 3 is 2.57 bits per heavy atom. The SMILES string of the molecule is CCCc1noc(-c2cc(S(=O)(=O)Nc3ccc(C)c(C)c3)ccc2OC)n1. The molecule has 0 amide bonds. The maximum atomic E-state index is 12.9. The van der Waals surface area contributed by atoms with Crippen molar-refractivity contribution in [3.8, 4) is 17.2 Å². The molecular weight excluding hydrogens is 378 g/mol. The van der Waals surface area contributed by atoms with Gasteiger partial charge in [0.15, 0.2) is 5.82 Å². The zero-order valence-electron chi connectivity index (χ0n) is 16.3. The molecular formula is C20H23N3O4S. The molecule has 0 saturated carbocycles. The van der Waals surface area contributed by atoms with Crippen LogP contribution in [0.25, 0.3) is 11.5 Å². The molecule has 1 aromatic heterocycles. The molecule has 0 fully saturated rings. The van der Waals surface area contributed by atoms with E-state index in [1.165, 1.54) is 19.2 Å². The van der Waals surface area contributed by atoms with Crippen molar-refractivity contribution in [2.45, 2.75) is 38.5 Å². The van der Waals surface area contributed by atoms with Crippen LogP contribution in [0.4, 0.5) is 5.69 Å². The fraction of sp³-hybridized carbons (Fsp3) is 0.300. The van der Waals surface area contributed by atoms with Crippen molar-refractivity contribution >= 4 is 15.7 Å². The van der Waals surface area contributed by atoms with Gasteiger partial charge in [0.05, 0.1) is 17.6 Å². The summed E-state index contributed by atoms with van der Waals surface area (Å²) < 4.78 is 39.0. The van der Waals surface area contributed by atoms with E-state index in [0.717, 1.165) is 17.5 Å². The highest BCUT2D eigenvalue weighted by atomic mass is 32.2. The molecule has 3 aromatic rings. The van der Waals surface area contributed by atoms with Crippen molar-refractivity contribution in [1.29, 1.82) is 0 Å². The molecule has 0 spiro atoms. The Labute approximate surface area is 164 Å². The highest BCUT2D eigenvalue weighted by Crippen LogP contribution is 2.32. The number of benzene rings is 2. The Bertz CT molecular complexity index is 1090. The van der Waals surface area contributed by atoms with Crippen molar-refractivity contribution < 1.29 is 17.7 Å². The maximum Gasteiger partial charge on any atom is 0.261 e. The lowest BCUT2D eigenvalue weighted by atomic mass is 10.1. The lowest BCUT2D eigenvalue weighted by Gasteiger charge is -2.12. The summed E-state index contributed by atoms with van der Waals surface area (Å²) in [6.45, 7) is 5.92. The predicted molar refractivity (Wildman–Crippen MR) is 107 cm³/mol. The van der Waals surface area contributed by atoms with Gasteiger partial charge in [-0.05, 0) is 61.7 Å². The molecule has 0 aliphatic heterocycles. The molecule has 0 atom stereocenters. The van der Waals surface area contributed by atoms with Crippen molar-refractivity contribution in [2.24, 2.45) is 0 Å². The van der Waals surface area contributed by atoms with Crippen molar-refractivity contribution in [2.75, 3.05) is 11.8 Å². The normalized spacial score (nSPS) is 11.4. The van der Waals surface area contributed by atoms with Crippen LogP contribution >= 0.6 is 0 Å². The summed E-state index contributed by atoms with van der Waals surface area (Å²) in [5.41, 5.74) is 3.03. The van der Waals surface area contributed by atoms with Gasteiger partial charge in [0.2, 0.25) is 0 Å². The summed E-state index contributed by atoms with van der Waals surface area (Å²) in [4.78, 5) is 4.41. The maximum absolute atomic E-state index is 12.9. The number of sulfonamides is 1. The van der Waals surface area contributed by atoms with Gasteiger partial charge in [0.1, 0.15) is 5.75 Å². The molecule has 1 N–H and O–H groups in total. The molecule has 148 valence electrons. The second kappa shape index (κ2) is 8.02. The fourth-order valence-corrected chi connectivity index (χ4v) is 3.80. The first kappa shape index (κ1) is 19.9. The minimum Gasteiger partial charge on any atom is -0.496 e. The van der Waals surface area contributed by atoms with E-state index in [9.17, 15) is 8.42 Å². The van der Waals surface area contributed by atoms with Crippen molar-refractivity contribution in [1.82, 2.24) is 10.1 Å². The molecule has 0 aliphatic rings. The summed E-state index contributed by atoms with van der Waals surface area (Å²) in [6, 6.07) is 9.94. The minimum atomic E-state index is -3.80. The van der Waals surface area contributed by atoms with E-state index < -0.39 is 10.0 Å². The second-order valence-electron chi connectivity index (χ2n) is 6.53. The van der Waals surface area contributed by atoms with Crippen molar-refractivity contribution in [3.63, 3.8) is 0 Å². The monoisotopic (exact) mass is 401 g/mol. The lowest BCUT2D eigenvalue weighted by molar-refractivity contribution is 0.402. The predicted octanol–water partition coefficient (Wildman–Crippen LogP) is 4.12. The van der Waals surface area contributed by atoms with Gasteiger partial charge in [-0.3, -0.25) is 4.72 Å². The Kier molecular flexibility index (Phi) is 5.69. The Morgan fingerprint density at radius 2 is 1.89 bits per heavy atom. The first-order chi connectivity index (χ1) is 13.3. The van der Waals surface area contributed by atoms with Crippen LogP contribution < -0.4 is 9.46 Å². The van der Waals surface area contributed by atoms with Gasteiger partial charge >= 0.3 is 0 Å². The summed E-state index contributed by atoms with van der Waals surface area (Å²) in [7, 11) is -2.29. The van der Waals surface area contributed by atoms with Crippen LogP contribution in [0.1, 0.15) is 30.3 Å². The molecule has 0 aliphatic carbocycles. The zero-order chi connectivity index (χ0) is 20.3. The number of hydrogen-bond acceptors (Lipinski definition) is 6. The Morgan fingerprint density at radius 1 is 1.11 bits per heavy atom. The van der Waals surface area contributed by atoms with Crippen molar-refractivity contribution in [3.05, 3.63) is 53.3 Å². The van der Waals surface area contributed by atoms with E-state index in [2.05, 4.69) is 14.9 Å². The van der Waals surface area contributed by atoms with E-state index >= 15 is 0 Å². The van der Waals surface area contributed by atoms with E-state index in [1.54, 1.807) is 18.2 Å². The fourth-order valence-electron chi connectivity index (χ4n) is 2.73. The number of aryl methyl sites for hydroxylation is 3. The van der Waals surface area contributed by atoms with Gasteiger partial charge in [-0.15, -0.1) is 0 Å². The number of nitrogens with one attached hydrogen (secondary N) is 1. The van der Waals surface area contributed by atoms with Gasteiger partial charge in [0.25, 0.3) is 15.9 Å². The highest BCUT2D eigenvalue weighted by Gasteiger charge is 2.20. The van der Waals surface area contributed by atoms with Gasteiger partial charge in [0, 0.05) is 12.1 Å². The zero-order valence-corrected chi connectivity index (χ0v) is 17.1. The van der Waals surface area contributed by atoms with E-state index in [0.29, 0.717) is 29.2 Å². The molecule has 3 rings (SSSR count). The third kappa shape index (κ3) is 4.17. The third-order valence-corrected chi connectivity index (χ3v) is 5.79. The van der Waals surface area contributed by atoms with Crippen LogP contribution in [0.15, 0.2) is 45.8 Å². The first-order valence-electron chi connectivity index (χ1n) is 8.95. The van der Waals surface area contributed by atoms with Crippen LogP contribution in [0, 0.1) is 13.8 Å². The lowest BCUT2D eigenvalue weighted by Crippen LogP contribution is -2.13. The second-order valence-corrected chi connectivity index (χ2v) is 8.21. The number of aromatic nitrogens is 2. The first-order valence-corrected chi connectivity index (χ1v) is 10.4. The van der Waals surface area contributed by atoms with Gasteiger partial charge < -0.3 is 9.26 Å². The summed E-state index contributed by atoms with van der Waals surface area (Å²) >= 11 is 0. The Balaban J connectivity index is 1.97. The number of hydrogen-bond donors (Lipinski definition) is 1. The summed E-state index contributed by atoms with van der Waals surface area (Å²) in [5, 5.41) is 3.93. The largest absolute Gasteiger partial charge is 0.496 e. The topological polar surface area (TPSA) is 94.3 Å². The van der Waals surface area contributed by atoms with Gasteiger partial charge in [-0.2, -0.15) is 4.98 Å². The molecule has 2 aromatic carbocycles. The molecule has 0 unspecified atom stereocenters. The van der Waals surface area contributed by atoms with Crippen LogP contribution in [-0.4, -0.2) is 25.7 Å². The molecule has 28 heavy (non-hydrogen) atoms. The van der Waals surface area contributed by atoms with Crippen LogP contribution in [0.2, 0.25) is 0 Å². The molecule has 8 heteroatoms. The number of methoxy groups -OCH3 is 1. The standard InChI is InChI=1S/C20H23N3O4S/c1-5-6-19-21-20(27-22-19)17-12-16(9-10-18(17)26-4)28(24,25)23-15-8-7-13(2)14(3)11-15/h7-12,23H,5-6H2,1-4H3. The van der Waals surface area contributed by atoms with E-state index in [4.69, 9.17) is 9.26 Å². The highest BCUT2D eigenvalue weighted by molar-refractivity contribution is 7.92. The number of ether oxygens (including phenoxy) is 1. The number of anilines is 1. The third-order valence-electron chi connectivity index (χ3n) is 4.41. The average Bonchev–Trinajstić information content (AvgIpc) is 3.13. The minimum absolute atomic E-state index is 0.0803. The van der Waals surface area contributed by atoms with Crippen LogP contribution in [0.5, 0.6) is 5.75 Å². The summed E-state index contributed by atoms with van der Waals surface area (Å²) in [5.74, 6) is 1.25. The molecule has 1 heterocycles. The molecule has 0 bridgehead atoms. The molecule has 0 radical (unpaired) electrons. The number of rotatable bonds is 7. The molecule has 0 saturated heterocycles. The van der Waals surface area contributed by atoms with Gasteiger partial charge in [-0.25, -0.2) is 8.42 Å². The quantitative estimate of drug-likeness (QED) is 0.640. The molecule has 7 nitrogen and oxygen atoms in total. The van der Waals surface area contributed by atoms with Crippen LogP contribution in [0.3, 0.4) is 0 Å². The number of nitrogens with zero attached hydrogens (tertiary/aromatic N) is 2. The Hall–Kier alpha value is -2.87. The smallest absolute Gasteiger partial charge is 0.261 e. The van der Waals surface area contributed by atoms with E-state index in [1.807, 2.05) is 26.8 Å². The summed E-state index contributed by atoms with van der Waals surface area (Å²) in [6.07, 6.45) is 1.56. The van der Waals surface area contributed by atoms with Crippen LogP contribution in [-0.2, 0) is 16.4 Å². The van der Waals surface area contributed by atoms with E-state index in [-0.39, 0.29) is 10.8 Å². The average molecular weight is 401 g/mol.